The summed E-state index contributed by atoms with van der Waals surface area (Å²) in [5.41, 5.74) is 5.65. The maximum absolute atomic E-state index is 12.8. The first-order valence-electron chi connectivity index (χ1n) is 4.24. The van der Waals surface area contributed by atoms with Crippen LogP contribution in [0.15, 0.2) is 18.2 Å². The lowest BCUT2D eigenvalue weighted by Crippen LogP contribution is -2.11. The smallest absolute Gasteiger partial charge is 0.217 e. The van der Waals surface area contributed by atoms with Crippen molar-refractivity contribution in [2.45, 2.75) is 12.8 Å². The van der Waals surface area contributed by atoms with Crippen LogP contribution < -0.4 is 10.5 Å². The number of primary amides is 1. The number of carbonyl (C=O) groups is 1. The fourth-order valence-corrected chi connectivity index (χ4v) is 1.20. The molecule has 3 nitrogen and oxygen atoms in total. The van der Waals surface area contributed by atoms with Crippen LogP contribution >= 0.6 is 0 Å². The minimum atomic E-state index is -0.406. The lowest BCUT2D eigenvalue weighted by atomic mass is 10.1. The summed E-state index contributed by atoms with van der Waals surface area (Å²) in [6.07, 6.45) is 0.593. The molecule has 76 valence electrons. The molecule has 0 spiro atoms. The van der Waals surface area contributed by atoms with Crippen LogP contribution in [-0.2, 0) is 11.2 Å². The van der Waals surface area contributed by atoms with Crippen LogP contribution in [0, 0.1) is 5.82 Å². The molecule has 1 aromatic rings. The zero-order valence-corrected chi connectivity index (χ0v) is 7.92. The summed E-state index contributed by atoms with van der Waals surface area (Å²) in [7, 11) is 1.50. The highest BCUT2D eigenvalue weighted by atomic mass is 19.1. The average molecular weight is 197 g/mol. The molecule has 0 heterocycles. The van der Waals surface area contributed by atoms with Crippen molar-refractivity contribution in [3.05, 3.63) is 29.6 Å². The maximum atomic E-state index is 12.8. The van der Waals surface area contributed by atoms with Gasteiger partial charge in [0.15, 0.2) is 0 Å². The molecule has 1 amide bonds. The minimum absolute atomic E-state index is 0.194. The largest absolute Gasteiger partial charge is 0.496 e. The van der Waals surface area contributed by atoms with E-state index in [0.29, 0.717) is 17.7 Å². The second-order valence-electron chi connectivity index (χ2n) is 2.92. The predicted octanol–water partition coefficient (Wildman–Crippen LogP) is 1.25. The third-order valence-electron chi connectivity index (χ3n) is 1.88. The third kappa shape index (κ3) is 2.73. The number of methoxy groups -OCH3 is 1. The maximum Gasteiger partial charge on any atom is 0.217 e. The van der Waals surface area contributed by atoms with Crippen LogP contribution in [0.25, 0.3) is 0 Å². The molecule has 0 radical (unpaired) electrons. The Labute approximate surface area is 81.7 Å². The van der Waals surface area contributed by atoms with Gasteiger partial charge in [-0.2, -0.15) is 0 Å². The SMILES string of the molecule is COc1ccc(F)cc1CCC(N)=O. The number of carbonyl (C=O) groups excluding carboxylic acids is 1. The van der Waals surface area contributed by atoms with Gasteiger partial charge in [-0.25, -0.2) is 4.39 Å². The Hall–Kier alpha value is -1.58. The van der Waals surface area contributed by atoms with Gasteiger partial charge < -0.3 is 10.5 Å². The van der Waals surface area contributed by atoms with Gasteiger partial charge in [0, 0.05) is 6.42 Å². The Morgan fingerprint density at radius 2 is 2.29 bits per heavy atom. The zero-order valence-electron chi connectivity index (χ0n) is 7.92. The molecule has 0 fully saturated rings. The van der Waals surface area contributed by atoms with Gasteiger partial charge in [0.1, 0.15) is 11.6 Å². The summed E-state index contributed by atoms with van der Waals surface area (Å²) in [6, 6.07) is 4.19. The van der Waals surface area contributed by atoms with Gasteiger partial charge in [0.05, 0.1) is 7.11 Å². The van der Waals surface area contributed by atoms with Crippen molar-refractivity contribution in [3.8, 4) is 5.75 Å². The van der Waals surface area contributed by atoms with E-state index < -0.39 is 5.91 Å². The van der Waals surface area contributed by atoms with E-state index in [2.05, 4.69) is 0 Å². The minimum Gasteiger partial charge on any atom is -0.496 e. The Balaban J connectivity index is 2.82. The van der Waals surface area contributed by atoms with E-state index in [9.17, 15) is 9.18 Å². The van der Waals surface area contributed by atoms with Crippen molar-refractivity contribution in [2.75, 3.05) is 7.11 Å². The van der Waals surface area contributed by atoms with Crippen molar-refractivity contribution in [1.29, 1.82) is 0 Å². The second-order valence-corrected chi connectivity index (χ2v) is 2.92. The first-order chi connectivity index (χ1) is 6.63. The van der Waals surface area contributed by atoms with Crippen LogP contribution in [0.1, 0.15) is 12.0 Å². The van der Waals surface area contributed by atoms with Crippen LogP contribution in [0.4, 0.5) is 4.39 Å². The molecule has 0 bridgehead atoms. The summed E-state index contributed by atoms with van der Waals surface area (Å²) in [5, 5.41) is 0. The topological polar surface area (TPSA) is 52.3 Å². The van der Waals surface area contributed by atoms with Crippen molar-refractivity contribution < 1.29 is 13.9 Å². The fourth-order valence-electron chi connectivity index (χ4n) is 1.20. The van der Waals surface area contributed by atoms with E-state index in [1.807, 2.05) is 0 Å². The lowest BCUT2D eigenvalue weighted by molar-refractivity contribution is -0.117. The Bertz CT molecular complexity index is 339. The fraction of sp³-hybridized carbons (Fsp3) is 0.300. The number of ether oxygens (including phenoxy) is 1. The van der Waals surface area contributed by atoms with Crippen molar-refractivity contribution >= 4 is 5.91 Å². The first-order valence-corrected chi connectivity index (χ1v) is 4.24. The Morgan fingerprint density at radius 3 is 2.86 bits per heavy atom. The summed E-state index contributed by atoms with van der Waals surface area (Å²) in [6.45, 7) is 0. The summed E-state index contributed by atoms with van der Waals surface area (Å²) < 4.78 is 17.9. The Morgan fingerprint density at radius 1 is 1.57 bits per heavy atom. The molecule has 2 N–H and O–H groups in total. The molecule has 0 saturated heterocycles. The number of benzene rings is 1. The molecule has 0 aromatic heterocycles. The van der Waals surface area contributed by atoms with E-state index in [0.717, 1.165) is 0 Å². The van der Waals surface area contributed by atoms with Crippen LogP contribution in [0.3, 0.4) is 0 Å². The van der Waals surface area contributed by atoms with E-state index in [-0.39, 0.29) is 12.2 Å². The molecule has 1 rings (SSSR count). The molecular weight excluding hydrogens is 185 g/mol. The molecule has 1 aromatic carbocycles. The van der Waals surface area contributed by atoms with Crippen LogP contribution in [0.5, 0.6) is 5.75 Å². The number of hydrogen-bond acceptors (Lipinski definition) is 2. The lowest BCUT2D eigenvalue weighted by Gasteiger charge is -2.06. The van der Waals surface area contributed by atoms with Gasteiger partial charge in [-0.3, -0.25) is 4.79 Å². The molecule has 0 aliphatic rings. The van der Waals surface area contributed by atoms with Crippen molar-refractivity contribution in [3.63, 3.8) is 0 Å². The van der Waals surface area contributed by atoms with E-state index in [1.54, 1.807) is 0 Å². The molecular formula is C10H12FNO2. The highest BCUT2D eigenvalue weighted by molar-refractivity contribution is 5.74. The third-order valence-corrected chi connectivity index (χ3v) is 1.88. The standard InChI is InChI=1S/C10H12FNO2/c1-14-9-4-3-8(11)6-7(9)2-5-10(12)13/h3-4,6H,2,5H2,1H3,(H2,12,13). The first kappa shape index (κ1) is 10.5. The van der Waals surface area contributed by atoms with Gasteiger partial charge >= 0.3 is 0 Å². The van der Waals surface area contributed by atoms with Gasteiger partial charge in [0.25, 0.3) is 0 Å². The van der Waals surface area contributed by atoms with E-state index in [4.69, 9.17) is 10.5 Å². The number of rotatable bonds is 4. The van der Waals surface area contributed by atoms with Gasteiger partial charge in [-0.15, -0.1) is 0 Å². The van der Waals surface area contributed by atoms with Gasteiger partial charge in [-0.05, 0) is 30.2 Å². The number of halogens is 1. The van der Waals surface area contributed by atoms with Gasteiger partial charge in [0.2, 0.25) is 5.91 Å². The van der Waals surface area contributed by atoms with Crippen molar-refractivity contribution in [1.82, 2.24) is 0 Å². The highest BCUT2D eigenvalue weighted by Crippen LogP contribution is 2.20. The molecule has 0 atom stereocenters. The summed E-state index contributed by atoms with van der Waals surface area (Å²) in [5.74, 6) is -0.172. The number of nitrogens with two attached hydrogens (primary N) is 1. The molecule has 0 aliphatic carbocycles. The quantitative estimate of drug-likeness (QED) is 0.789. The Kier molecular flexibility index (Phi) is 3.45. The molecule has 14 heavy (non-hydrogen) atoms. The molecule has 0 unspecified atom stereocenters. The second kappa shape index (κ2) is 4.60. The van der Waals surface area contributed by atoms with Gasteiger partial charge in [-0.1, -0.05) is 0 Å². The van der Waals surface area contributed by atoms with Crippen LogP contribution in [0.2, 0.25) is 0 Å². The van der Waals surface area contributed by atoms with Crippen LogP contribution in [-0.4, -0.2) is 13.0 Å². The molecule has 0 aliphatic heterocycles. The summed E-state index contributed by atoms with van der Waals surface area (Å²) >= 11 is 0. The van der Waals surface area contributed by atoms with E-state index >= 15 is 0 Å². The number of hydrogen-bond donors (Lipinski definition) is 1. The predicted molar refractivity (Wildman–Crippen MR) is 50.5 cm³/mol. The molecule has 0 saturated carbocycles. The average Bonchev–Trinajstić information content (AvgIpc) is 2.15. The normalized spacial score (nSPS) is 9.86. The monoisotopic (exact) mass is 197 g/mol. The van der Waals surface area contributed by atoms with Crippen molar-refractivity contribution in [2.24, 2.45) is 5.73 Å². The van der Waals surface area contributed by atoms with E-state index in [1.165, 1.54) is 25.3 Å². The highest BCUT2D eigenvalue weighted by Gasteiger charge is 2.05. The number of aryl methyl sites for hydroxylation is 1. The summed E-state index contributed by atoms with van der Waals surface area (Å²) in [4.78, 5) is 10.5. The zero-order chi connectivity index (χ0) is 10.6. The number of amides is 1. The molecule has 4 heteroatoms.